The Balaban J connectivity index is 0.000000153. The number of likely N-dealkylation sites (tertiary alicyclic amines) is 3. The SMILES string of the molecule is C[C@H]1C[C@@]2(C=CC(=O)N2)CCN1C(=O)OCc1ccccc1.[B]N1C(=O)C=C[C@]12CCN(C(=O)OCc1ccccc1)[C@@H](C)C2.[B]N1C(=O)C=C[C@]12CCN(Cc1cccc(OC(C)C)c1)[C@@H](C)C2. The molecule has 3 fully saturated rings. The highest BCUT2D eigenvalue weighted by Crippen LogP contribution is 2.38. The standard InChI is InChI=1S/C19H25BN2O2.C17H19BN2O3.C17H20N2O3/c1-14(2)24-17-6-4-5-16(11-17)13-21-10-9-19(12-15(21)3)8-7-18(23)22(19)20;1-13-11-17(8-7-15(21)20(17)18)9-10-19(13)16(22)23-12-14-5-3-2-4-6-14;1-13-11-17(8-7-15(20)18-17)9-10-19(13)16(21)22-12-14-5-3-2-4-6-14/h4-8,11,14-15H,9-10,12-13H2,1-3H3;2-8,13H,9-12H2,1H3;2-8,13H,9-12H2,1H3,(H,18,20)/t15-,19+;2*13-,17+/m000/s1. The van der Waals surface area contributed by atoms with Crippen LogP contribution in [-0.2, 0) is 43.6 Å². The molecule has 6 heterocycles. The number of nitrogens with one attached hydrogen (secondary N) is 1. The Labute approximate surface area is 409 Å². The van der Waals surface area contributed by atoms with Crippen LogP contribution in [0.4, 0.5) is 9.59 Å². The number of amides is 5. The Bertz CT molecular complexity index is 2400. The van der Waals surface area contributed by atoms with Gasteiger partial charge in [0.2, 0.25) is 33.7 Å². The summed E-state index contributed by atoms with van der Waals surface area (Å²) in [4.78, 5) is 67.9. The second kappa shape index (κ2) is 22.0. The van der Waals surface area contributed by atoms with Gasteiger partial charge >= 0.3 is 12.2 Å². The second-order valence-electron chi connectivity index (χ2n) is 19.4. The normalized spacial score (nSPS) is 27.1. The van der Waals surface area contributed by atoms with E-state index >= 15 is 0 Å². The summed E-state index contributed by atoms with van der Waals surface area (Å²) in [7, 11) is 11.9. The van der Waals surface area contributed by atoms with Crippen molar-refractivity contribution in [3.05, 3.63) is 138 Å². The smallest absolute Gasteiger partial charge is 0.410 e. The first-order chi connectivity index (χ1) is 33.0. The molecule has 6 aliphatic rings. The third-order valence-electron chi connectivity index (χ3n) is 14.0. The molecule has 0 aliphatic carbocycles. The van der Waals surface area contributed by atoms with E-state index in [4.69, 9.17) is 30.2 Å². The van der Waals surface area contributed by atoms with Crippen LogP contribution < -0.4 is 10.1 Å². The second-order valence-corrected chi connectivity index (χ2v) is 19.4. The molecule has 14 nitrogen and oxygen atoms in total. The summed E-state index contributed by atoms with van der Waals surface area (Å²) < 4.78 is 16.6. The lowest BCUT2D eigenvalue weighted by atomic mass is 9.81. The van der Waals surface area contributed by atoms with Crippen molar-refractivity contribution in [3.63, 3.8) is 0 Å². The molecule has 1 N–H and O–H groups in total. The zero-order valence-corrected chi connectivity index (χ0v) is 40.5. The zero-order valence-electron chi connectivity index (χ0n) is 40.5. The predicted molar refractivity (Wildman–Crippen MR) is 264 cm³/mol. The Morgan fingerprint density at radius 3 is 1.61 bits per heavy atom. The lowest BCUT2D eigenvalue weighted by Gasteiger charge is -2.47. The molecule has 6 aliphatic heterocycles. The van der Waals surface area contributed by atoms with E-state index in [1.807, 2.05) is 119 Å². The van der Waals surface area contributed by atoms with Crippen LogP contribution in [0, 0.1) is 0 Å². The highest BCUT2D eigenvalue weighted by Gasteiger charge is 2.46. The van der Waals surface area contributed by atoms with E-state index in [0.29, 0.717) is 32.0 Å². The molecule has 4 radical (unpaired) electrons. The minimum atomic E-state index is -0.466. The maximum absolute atomic E-state index is 12.3. The summed E-state index contributed by atoms with van der Waals surface area (Å²) in [5, 5.41) is 2.99. The Morgan fingerprint density at radius 1 is 0.638 bits per heavy atom. The zero-order chi connectivity index (χ0) is 49.3. The number of carbonyl (C=O) groups excluding carboxylic acids is 5. The monoisotopic (exact) mass is 934 g/mol. The van der Waals surface area contributed by atoms with Crippen molar-refractivity contribution >= 4 is 45.9 Å². The predicted octanol–water partition coefficient (Wildman–Crippen LogP) is 6.94. The molecule has 16 heteroatoms. The van der Waals surface area contributed by atoms with E-state index in [1.54, 1.807) is 22.0 Å². The summed E-state index contributed by atoms with van der Waals surface area (Å²) in [6.45, 7) is 13.7. The topological polar surface area (TPSA) is 141 Å². The highest BCUT2D eigenvalue weighted by molar-refractivity contribution is 6.19. The number of nitrogens with zero attached hydrogens (tertiary/aromatic N) is 5. The van der Waals surface area contributed by atoms with Crippen molar-refractivity contribution in [3.8, 4) is 5.75 Å². The van der Waals surface area contributed by atoms with Gasteiger partial charge in [-0.2, -0.15) is 0 Å². The fourth-order valence-corrected chi connectivity index (χ4v) is 10.2. The minimum Gasteiger partial charge on any atom is -0.491 e. The summed E-state index contributed by atoms with van der Waals surface area (Å²) in [6, 6.07) is 27.9. The van der Waals surface area contributed by atoms with E-state index in [9.17, 15) is 24.0 Å². The molecule has 6 atom stereocenters. The quantitative estimate of drug-likeness (QED) is 0.238. The average molecular weight is 935 g/mol. The van der Waals surface area contributed by atoms with Gasteiger partial charge in [0, 0.05) is 62.5 Å². The largest absolute Gasteiger partial charge is 0.491 e. The molecule has 3 spiro atoms. The third kappa shape index (κ3) is 12.3. The molecule has 0 aromatic heterocycles. The highest BCUT2D eigenvalue weighted by atomic mass is 16.6. The van der Waals surface area contributed by atoms with Gasteiger partial charge in [-0.25, -0.2) is 9.59 Å². The summed E-state index contributed by atoms with van der Waals surface area (Å²) in [6.07, 6.45) is 14.5. The number of hydrogen-bond acceptors (Lipinski definition) is 9. The molecule has 0 bridgehead atoms. The van der Waals surface area contributed by atoms with Gasteiger partial charge in [0.1, 0.15) is 19.0 Å². The van der Waals surface area contributed by atoms with Gasteiger partial charge in [-0.3, -0.25) is 19.3 Å². The van der Waals surface area contributed by atoms with Crippen LogP contribution in [0.5, 0.6) is 5.75 Å². The molecule has 0 unspecified atom stereocenters. The van der Waals surface area contributed by atoms with E-state index < -0.39 is 5.54 Å². The first-order valence-corrected chi connectivity index (χ1v) is 24.0. The molecular formula is C53H64B2N6O8. The molecule has 3 aromatic rings. The Morgan fingerprint density at radius 2 is 1.14 bits per heavy atom. The average Bonchev–Trinajstić information content (AvgIpc) is 3.93. The summed E-state index contributed by atoms with van der Waals surface area (Å²) in [5.74, 6) is 0.597. The molecular weight excluding hydrogens is 870 g/mol. The van der Waals surface area contributed by atoms with Gasteiger partial charge in [-0.05, 0) is 102 Å². The molecule has 5 amide bonds. The van der Waals surface area contributed by atoms with Crippen LogP contribution in [-0.4, -0.2) is 131 Å². The summed E-state index contributed by atoms with van der Waals surface area (Å²) >= 11 is 0. The van der Waals surface area contributed by atoms with E-state index in [-0.39, 0.29) is 72.4 Å². The molecule has 69 heavy (non-hydrogen) atoms. The molecule has 3 aromatic carbocycles. The van der Waals surface area contributed by atoms with Gasteiger partial charge < -0.3 is 38.9 Å². The van der Waals surface area contributed by atoms with Crippen molar-refractivity contribution in [1.29, 1.82) is 0 Å². The molecule has 360 valence electrons. The maximum atomic E-state index is 12.3. The van der Waals surface area contributed by atoms with Crippen LogP contribution in [0.15, 0.2) is 121 Å². The number of carbonyl (C=O) groups is 5. The fraction of sp³-hybridized carbons (Fsp3) is 0.453. The number of hydrogen-bond donors (Lipinski definition) is 1. The van der Waals surface area contributed by atoms with Gasteiger partial charge in [0.25, 0.3) is 0 Å². The minimum absolute atomic E-state index is 0.0278. The Kier molecular flexibility index (Phi) is 16.1. The lowest BCUT2D eigenvalue weighted by Crippen LogP contribution is -2.56. The summed E-state index contributed by atoms with van der Waals surface area (Å²) in [5.41, 5.74) is 2.13. The van der Waals surface area contributed by atoms with Gasteiger partial charge in [0.05, 0.1) is 22.7 Å². The van der Waals surface area contributed by atoms with Crippen LogP contribution >= 0.6 is 0 Å². The first kappa shape index (κ1) is 50.6. The molecule has 3 saturated heterocycles. The van der Waals surface area contributed by atoms with Crippen molar-refractivity contribution in [2.75, 3.05) is 19.6 Å². The first-order valence-electron chi connectivity index (χ1n) is 24.0. The van der Waals surface area contributed by atoms with Gasteiger partial charge in [-0.1, -0.05) is 91.0 Å². The fourth-order valence-electron chi connectivity index (χ4n) is 10.2. The number of ether oxygens (including phenoxy) is 3. The van der Waals surface area contributed by atoms with Crippen molar-refractivity contribution in [2.24, 2.45) is 0 Å². The maximum Gasteiger partial charge on any atom is 0.410 e. The third-order valence-corrected chi connectivity index (χ3v) is 14.0. The van der Waals surface area contributed by atoms with Crippen LogP contribution in [0.2, 0.25) is 0 Å². The van der Waals surface area contributed by atoms with Crippen molar-refractivity contribution in [1.82, 2.24) is 29.6 Å². The lowest BCUT2D eigenvalue weighted by molar-refractivity contribution is -0.125. The number of rotatable bonds is 8. The molecule has 0 saturated carbocycles. The number of benzene rings is 3. The van der Waals surface area contributed by atoms with Crippen LogP contribution in [0.1, 0.15) is 89.8 Å². The molecule has 9 rings (SSSR count). The van der Waals surface area contributed by atoms with Gasteiger partial charge in [0.15, 0.2) is 0 Å². The number of piperidine rings is 3. The van der Waals surface area contributed by atoms with E-state index in [0.717, 1.165) is 55.6 Å². The van der Waals surface area contributed by atoms with Crippen molar-refractivity contribution < 1.29 is 38.2 Å². The van der Waals surface area contributed by atoms with Crippen molar-refractivity contribution in [2.45, 2.75) is 134 Å². The van der Waals surface area contributed by atoms with E-state index in [2.05, 4.69) is 29.3 Å². The van der Waals surface area contributed by atoms with Gasteiger partial charge in [-0.15, -0.1) is 0 Å². The Hall–Kier alpha value is -6.28. The van der Waals surface area contributed by atoms with Crippen LogP contribution in [0.3, 0.4) is 0 Å². The van der Waals surface area contributed by atoms with E-state index in [1.165, 1.54) is 21.3 Å². The van der Waals surface area contributed by atoms with Crippen LogP contribution in [0.25, 0.3) is 0 Å².